The van der Waals surface area contributed by atoms with E-state index < -0.39 is 0 Å². The van der Waals surface area contributed by atoms with Crippen molar-refractivity contribution in [2.45, 2.75) is 29.8 Å². The second kappa shape index (κ2) is 7.85. The number of anilines is 1. The number of hydrogen-bond donors (Lipinski definition) is 1. The summed E-state index contributed by atoms with van der Waals surface area (Å²) in [6.07, 6.45) is 6.83. The summed E-state index contributed by atoms with van der Waals surface area (Å²) < 4.78 is 0. The number of allylic oxidation sites excluding steroid dienone is 1. The van der Waals surface area contributed by atoms with Gasteiger partial charge < -0.3 is 10.2 Å². The highest BCUT2D eigenvalue weighted by Crippen LogP contribution is 2.42. The van der Waals surface area contributed by atoms with E-state index in [9.17, 15) is 0 Å². The normalized spacial score (nSPS) is 16.6. The first kappa shape index (κ1) is 18.7. The van der Waals surface area contributed by atoms with E-state index in [-0.39, 0.29) is 0 Å². The van der Waals surface area contributed by atoms with E-state index in [1.165, 1.54) is 17.3 Å². The van der Waals surface area contributed by atoms with Crippen LogP contribution >= 0.6 is 23.4 Å². The maximum Gasteiger partial charge on any atom is 0.194 e. The molecule has 1 aliphatic heterocycles. The number of hydrogen-bond acceptors (Lipinski definition) is 8. The molecule has 1 N–H and O–H groups in total. The lowest BCUT2D eigenvalue weighted by Crippen LogP contribution is -2.44. The summed E-state index contributed by atoms with van der Waals surface area (Å²) in [5.74, 6) is 0.945. The number of piperazine rings is 1. The molecule has 1 fully saturated rings. The van der Waals surface area contributed by atoms with Gasteiger partial charge in [-0.15, -0.1) is 0 Å². The molecule has 0 unspecified atom stereocenters. The third-order valence-corrected chi connectivity index (χ3v) is 6.49. The van der Waals surface area contributed by atoms with Crippen molar-refractivity contribution in [2.24, 2.45) is 0 Å². The van der Waals surface area contributed by atoms with Gasteiger partial charge in [0.2, 0.25) is 0 Å². The van der Waals surface area contributed by atoms with Gasteiger partial charge in [-0.2, -0.15) is 0 Å². The standard InChI is InChI=1S/C20H20ClN7S/c1-2-12-9-14-16(17(12)21)19(28-7-5-22-6-8-28)27-20(26-14)29-13-10-15-18(25-11-13)24-4-3-23-15/h3-4,10-11,22H,2,5-9H2,1H3. The largest absolute Gasteiger partial charge is 0.353 e. The Labute approximate surface area is 178 Å². The van der Waals surface area contributed by atoms with E-state index in [1.807, 2.05) is 6.07 Å². The molecular weight excluding hydrogens is 406 g/mol. The van der Waals surface area contributed by atoms with Crippen LogP contribution in [0.1, 0.15) is 24.6 Å². The highest BCUT2D eigenvalue weighted by molar-refractivity contribution is 7.99. The number of halogens is 1. The first-order valence-corrected chi connectivity index (χ1v) is 10.9. The van der Waals surface area contributed by atoms with Gasteiger partial charge in [0.1, 0.15) is 11.3 Å². The van der Waals surface area contributed by atoms with Gasteiger partial charge in [-0.05, 0) is 29.8 Å². The monoisotopic (exact) mass is 425 g/mol. The van der Waals surface area contributed by atoms with Gasteiger partial charge >= 0.3 is 0 Å². The molecule has 0 bridgehead atoms. The minimum absolute atomic E-state index is 0.636. The first-order valence-electron chi connectivity index (χ1n) is 9.72. The zero-order valence-electron chi connectivity index (χ0n) is 16.0. The van der Waals surface area contributed by atoms with Crippen LogP contribution in [0.2, 0.25) is 0 Å². The molecule has 0 radical (unpaired) electrons. The van der Waals surface area contributed by atoms with Gasteiger partial charge in [0.25, 0.3) is 0 Å². The van der Waals surface area contributed by atoms with Crippen molar-refractivity contribution in [3.05, 3.63) is 41.5 Å². The molecular formula is C20H20ClN7S. The topological polar surface area (TPSA) is 79.7 Å². The molecule has 7 nitrogen and oxygen atoms in total. The molecule has 1 saturated heterocycles. The van der Waals surface area contributed by atoms with Crippen LogP contribution in [-0.4, -0.2) is 51.1 Å². The predicted molar refractivity (Wildman–Crippen MR) is 115 cm³/mol. The number of pyridine rings is 1. The van der Waals surface area contributed by atoms with Crippen molar-refractivity contribution < 1.29 is 0 Å². The molecule has 0 atom stereocenters. The molecule has 4 heterocycles. The minimum atomic E-state index is 0.636. The predicted octanol–water partition coefficient (Wildman–Crippen LogP) is 3.29. The van der Waals surface area contributed by atoms with Gasteiger partial charge in [-0.3, -0.25) is 4.98 Å². The molecule has 0 aromatic carbocycles. The second-order valence-corrected chi connectivity index (χ2v) is 8.43. The van der Waals surface area contributed by atoms with Crippen molar-refractivity contribution in [3.8, 4) is 0 Å². The summed E-state index contributed by atoms with van der Waals surface area (Å²) in [6.45, 7) is 5.84. The van der Waals surface area contributed by atoms with Gasteiger partial charge in [0.05, 0.1) is 16.3 Å². The molecule has 148 valence electrons. The fourth-order valence-electron chi connectivity index (χ4n) is 3.71. The fourth-order valence-corrected chi connectivity index (χ4v) is 4.88. The van der Waals surface area contributed by atoms with Crippen molar-refractivity contribution in [3.63, 3.8) is 0 Å². The number of fused-ring (bicyclic) bond motifs is 2. The van der Waals surface area contributed by atoms with Gasteiger partial charge in [0.15, 0.2) is 10.8 Å². The number of nitrogens with zero attached hydrogens (tertiary/aromatic N) is 6. The lowest BCUT2D eigenvalue weighted by Gasteiger charge is -2.30. The van der Waals surface area contributed by atoms with E-state index in [0.29, 0.717) is 10.8 Å². The molecule has 5 rings (SSSR count). The lowest BCUT2D eigenvalue weighted by atomic mass is 10.2. The van der Waals surface area contributed by atoms with E-state index in [2.05, 4.69) is 32.1 Å². The van der Waals surface area contributed by atoms with Crippen LogP contribution in [0, 0.1) is 0 Å². The SMILES string of the molecule is CCC1=C(Cl)c2c(nc(Sc3cnc4nccnc4c3)nc2N2CCNCC2)C1. The van der Waals surface area contributed by atoms with Crippen LogP contribution in [0.25, 0.3) is 16.2 Å². The van der Waals surface area contributed by atoms with Crippen LogP contribution in [0.5, 0.6) is 0 Å². The van der Waals surface area contributed by atoms with E-state index in [1.54, 1.807) is 18.6 Å². The Morgan fingerprint density at radius 1 is 1.14 bits per heavy atom. The fraction of sp³-hybridized carbons (Fsp3) is 0.350. The average molecular weight is 426 g/mol. The molecule has 0 amide bonds. The molecule has 3 aromatic rings. The Morgan fingerprint density at radius 2 is 1.97 bits per heavy atom. The molecule has 1 aliphatic carbocycles. The van der Waals surface area contributed by atoms with E-state index in [0.717, 1.165) is 71.5 Å². The first-order chi connectivity index (χ1) is 14.2. The Hall–Kier alpha value is -2.29. The van der Waals surface area contributed by atoms with Crippen LogP contribution < -0.4 is 10.2 Å². The van der Waals surface area contributed by atoms with Crippen molar-refractivity contribution in [1.29, 1.82) is 0 Å². The minimum Gasteiger partial charge on any atom is -0.353 e. The van der Waals surface area contributed by atoms with Crippen LogP contribution in [-0.2, 0) is 6.42 Å². The van der Waals surface area contributed by atoms with Crippen molar-refractivity contribution >= 4 is 45.4 Å². The molecule has 9 heteroatoms. The highest BCUT2D eigenvalue weighted by Gasteiger charge is 2.29. The van der Waals surface area contributed by atoms with E-state index in [4.69, 9.17) is 21.6 Å². The maximum atomic E-state index is 6.74. The van der Waals surface area contributed by atoms with E-state index >= 15 is 0 Å². The van der Waals surface area contributed by atoms with Gasteiger partial charge in [0, 0.05) is 56.1 Å². The summed E-state index contributed by atoms with van der Waals surface area (Å²) in [6, 6.07) is 1.98. The summed E-state index contributed by atoms with van der Waals surface area (Å²) in [5, 5.41) is 4.94. The summed E-state index contributed by atoms with van der Waals surface area (Å²) in [7, 11) is 0. The summed E-state index contributed by atoms with van der Waals surface area (Å²) >= 11 is 8.24. The third-order valence-electron chi connectivity index (χ3n) is 5.21. The molecule has 3 aromatic heterocycles. The third kappa shape index (κ3) is 3.56. The number of aromatic nitrogens is 5. The smallest absolute Gasteiger partial charge is 0.194 e. The van der Waals surface area contributed by atoms with Crippen LogP contribution in [0.15, 0.2) is 40.3 Å². The van der Waals surface area contributed by atoms with Crippen molar-refractivity contribution in [2.75, 3.05) is 31.1 Å². The Morgan fingerprint density at radius 3 is 2.79 bits per heavy atom. The average Bonchev–Trinajstić information content (AvgIpc) is 3.09. The summed E-state index contributed by atoms with van der Waals surface area (Å²) in [4.78, 5) is 26.0. The maximum absolute atomic E-state index is 6.74. The molecule has 2 aliphatic rings. The zero-order chi connectivity index (χ0) is 19.8. The van der Waals surface area contributed by atoms with Crippen LogP contribution in [0.3, 0.4) is 0 Å². The number of rotatable bonds is 4. The Balaban J connectivity index is 1.54. The van der Waals surface area contributed by atoms with Gasteiger partial charge in [-0.25, -0.2) is 19.9 Å². The number of nitrogens with one attached hydrogen (secondary N) is 1. The van der Waals surface area contributed by atoms with Crippen molar-refractivity contribution in [1.82, 2.24) is 30.2 Å². The Bertz CT molecular complexity index is 1110. The zero-order valence-corrected chi connectivity index (χ0v) is 17.6. The highest BCUT2D eigenvalue weighted by atomic mass is 35.5. The lowest BCUT2D eigenvalue weighted by molar-refractivity contribution is 0.582. The second-order valence-electron chi connectivity index (χ2n) is 7.01. The summed E-state index contributed by atoms with van der Waals surface area (Å²) in [5.41, 5.74) is 4.66. The molecule has 0 saturated carbocycles. The quantitative estimate of drug-likeness (QED) is 0.638. The Kier molecular flexibility index (Phi) is 5.07. The molecule has 0 spiro atoms. The van der Waals surface area contributed by atoms with Crippen LogP contribution in [0.4, 0.5) is 5.82 Å². The molecule has 29 heavy (non-hydrogen) atoms. The van der Waals surface area contributed by atoms with Gasteiger partial charge in [-0.1, -0.05) is 18.5 Å².